The predicted molar refractivity (Wildman–Crippen MR) is 52.6 cm³/mol. The molecule has 1 aliphatic heterocycles. The number of benzene rings is 1. The van der Waals surface area contributed by atoms with Crippen molar-refractivity contribution in [2.75, 3.05) is 12.3 Å². The first-order chi connectivity index (χ1) is 5.38. The SMILES string of the molecule is Cl.Nc1cccc2c1C=CCO2. The standard InChI is InChI=1S/C9H9NO.ClH/c10-8-4-1-5-9-7(8)3-2-6-11-9;/h1-5H,6,10H2;1H. The highest BCUT2D eigenvalue weighted by atomic mass is 35.5. The van der Waals surface area contributed by atoms with E-state index in [1.165, 1.54) is 0 Å². The van der Waals surface area contributed by atoms with E-state index in [2.05, 4.69) is 0 Å². The highest BCUT2D eigenvalue weighted by molar-refractivity contribution is 5.85. The van der Waals surface area contributed by atoms with Crippen LogP contribution in [0.5, 0.6) is 5.75 Å². The Morgan fingerprint density at radius 3 is 2.92 bits per heavy atom. The van der Waals surface area contributed by atoms with Crippen LogP contribution in [0.15, 0.2) is 24.3 Å². The summed E-state index contributed by atoms with van der Waals surface area (Å²) in [6.45, 7) is 0.649. The number of nitrogen functional groups attached to an aromatic ring is 1. The van der Waals surface area contributed by atoms with E-state index < -0.39 is 0 Å². The number of ether oxygens (including phenoxy) is 1. The second-order valence-electron chi connectivity index (χ2n) is 2.47. The van der Waals surface area contributed by atoms with Crippen LogP contribution in [0.1, 0.15) is 5.56 Å². The highest BCUT2D eigenvalue weighted by Gasteiger charge is 2.06. The summed E-state index contributed by atoms with van der Waals surface area (Å²) < 4.78 is 5.34. The van der Waals surface area contributed by atoms with Gasteiger partial charge in [0.05, 0.1) is 0 Å². The summed E-state index contributed by atoms with van der Waals surface area (Å²) in [5.74, 6) is 0.882. The molecule has 0 saturated carbocycles. The summed E-state index contributed by atoms with van der Waals surface area (Å²) in [5.41, 5.74) is 7.49. The maximum absolute atomic E-state index is 5.71. The van der Waals surface area contributed by atoms with Crippen molar-refractivity contribution in [3.05, 3.63) is 29.8 Å². The maximum atomic E-state index is 5.71. The zero-order valence-electron chi connectivity index (χ0n) is 6.49. The summed E-state index contributed by atoms with van der Waals surface area (Å²) in [6, 6.07) is 5.69. The van der Waals surface area contributed by atoms with Gasteiger partial charge in [0, 0.05) is 11.3 Å². The van der Waals surface area contributed by atoms with Gasteiger partial charge in [-0.25, -0.2) is 0 Å². The molecule has 2 rings (SSSR count). The molecule has 0 fully saturated rings. The van der Waals surface area contributed by atoms with E-state index in [0.717, 1.165) is 17.0 Å². The normalized spacial score (nSPS) is 12.7. The number of fused-ring (bicyclic) bond motifs is 1. The molecule has 0 aliphatic carbocycles. The van der Waals surface area contributed by atoms with Gasteiger partial charge in [0.1, 0.15) is 12.4 Å². The van der Waals surface area contributed by atoms with Crippen LogP contribution in [0.4, 0.5) is 5.69 Å². The lowest BCUT2D eigenvalue weighted by Gasteiger charge is -2.13. The summed E-state index contributed by atoms with van der Waals surface area (Å²) in [4.78, 5) is 0. The summed E-state index contributed by atoms with van der Waals surface area (Å²) in [5, 5.41) is 0. The van der Waals surface area contributed by atoms with E-state index in [9.17, 15) is 0 Å². The molecule has 0 saturated heterocycles. The summed E-state index contributed by atoms with van der Waals surface area (Å²) in [7, 11) is 0. The van der Waals surface area contributed by atoms with E-state index in [-0.39, 0.29) is 12.4 Å². The number of nitrogens with two attached hydrogens (primary N) is 1. The molecule has 0 spiro atoms. The van der Waals surface area contributed by atoms with Crippen LogP contribution in [0.3, 0.4) is 0 Å². The Balaban J connectivity index is 0.000000720. The fourth-order valence-electron chi connectivity index (χ4n) is 1.17. The average Bonchev–Trinajstić information content (AvgIpc) is 2.06. The Bertz CT molecular complexity index is 309. The van der Waals surface area contributed by atoms with E-state index in [4.69, 9.17) is 10.5 Å². The van der Waals surface area contributed by atoms with Crippen molar-refractivity contribution in [1.29, 1.82) is 0 Å². The molecule has 12 heavy (non-hydrogen) atoms. The maximum Gasteiger partial charge on any atom is 0.129 e. The lowest BCUT2D eigenvalue weighted by Crippen LogP contribution is -2.02. The molecule has 1 aromatic rings. The van der Waals surface area contributed by atoms with Gasteiger partial charge < -0.3 is 10.5 Å². The topological polar surface area (TPSA) is 35.2 Å². The largest absolute Gasteiger partial charge is 0.489 e. The van der Waals surface area contributed by atoms with Crippen molar-refractivity contribution < 1.29 is 4.74 Å². The molecular weight excluding hydrogens is 174 g/mol. The van der Waals surface area contributed by atoms with Crippen molar-refractivity contribution in [3.8, 4) is 5.75 Å². The number of hydrogen-bond donors (Lipinski definition) is 1. The number of halogens is 1. The van der Waals surface area contributed by atoms with E-state index in [1.807, 2.05) is 30.4 Å². The quantitative estimate of drug-likeness (QED) is 0.626. The van der Waals surface area contributed by atoms with Crippen molar-refractivity contribution in [3.63, 3.8) is 0 Å². The van der Waals surface area contributed by atoms with Crippen molar-refractivity contribution in [1.82, 2.24) is 0 Å². The fraction of sp³-hybridized carbons (Fsp3) is 0.111. The lowest BCUT2D eigenvalue weighted by molar-refractivity contribution is 0.359. The molecule has 2 N–H and O–H groups in total. The molecule has 0 unspecified atom stereocenters. The molecule has 2 nitrogen and oxygen atoms in total. The summed E-state index contributed by atoms with van der Waals surface area (Å²) in [6.07, 6.45) is 3.95. The van der Waals surface area contributed by atoms with E-state index in [0.29, 0.717) is 6.61 Å². The first-order valence-corrected chi connectivity index (χ1v) is 3.56. The number of rotatable bonds is 0. The van der Waals surface area contributed by atoms with Crippen LogP contribution in [0.2, 0.25) is 0 Å². The van der Waals surface area contributed by atoms with Gasteiger partial charge in [-0.1, -0.05) is 6.07 Å². The van der Waals surface area contributed by atoms with Gasteiger partial charge in [-0.3, -0.25) is 0 Å². The van der Waals surface area contributed by atoms with Gasteiger partial charge >= 0.3 is 0 Å². The van der Waals surface area contributed by atoms with Gasteiger partial charge in [0.25, 0.3) is 0 Å². The van der Waals surface area contributed by atoms with Crippen molar-refractivity contribution in [2.45, 2.75) is 0 Å². The molecule has 0 aromatic heterocycles. The van der Waals surface area contributed by atoms with E-state index in [1.54, 1.807) is 0 Å². The lowest BCUT2D eigenvalue weighted by atomic mass is 10.1. The van der Waals surface area contributed by atoms with Crippen LogP contribution < -0.4 is 10.5 Å². The monoisotopic (exact) mass is 183 g/mol. The third-order valence-corrected chi connectivity index (χ3v) is 1.72. The smallest absolute Gasteiger partial charge is 0.129 e. The molecular formula is C9H10ClNO. The van der Waals surface area contributed by atoms with Crippen LogP contribution >= 0.6 is 12.4 Å². The zero-order valence-corrected chi connectivity index (χ0v) is 7.30. The minimum atomic E-state index is 0. The van der Waals surface area contributed by atoms with Gasteiger partial charge in [-0.15, -0.1) is 12.4 Å². The van der Waals surface area contributed by atoms with Gasteiger partial charge in [0.2, 0.25) is 0 Å². The van der Waals surface area contributed by atoms with Crippen LogP contribution in [0.25, 0.3) is 6.08 Å². The minimum absolute atomic E-state index is 0. The fourth-order valence-corrected chi connectivity index (χ4v) is 1.17. The molecule has 64 valence electrons. The second kappa shape index (κ2) is 3.50. The minimum Gasteiger partial charge on any atom is -0.489 e. The molecule has 3 heteroatoms. The highest BCUT2D eigenvalue weighted by Crippen LogP contribution is 2.27. The van der Waals surface area contributed by atoms with Gasteiger partial charge in [-0.2, -0.15) is 0 Å². The first kappa shape index (κ1) is 8.94. The van der Waals surface area contributed by atoms with Crippen LogP contribution in [-0.2, 0) is 0 Å². The third kappa shape index (κ3) is 1.38. The van der Waals surface area contributed by atoms with Crippen molar-refractivity contribution in [2.24, 2.45) is 0 Å². The third-order valence-electron chi connectivity index (χ3n) is 1.72. The van der Waals surface area contributed by atoms with Crippen LogP contribution in [-0.4, -0.2) is 6.61 Å². The Hall–Kier alpha value is -1.15. The molecule has 1 aromatic carbocycles. The first-order valence-electron chi connectivity index (χ1n) is 3.56. The summed E-state index contributed by atoms with van der Waals surface area (Å²) >= 11 is 0. The Labute approximate surface area is 77.4 Å². The Kier molecular flexibility index (Phi) is 2.61. The molecule has 0 amide bonds. The molecule has 0 radical (unpaired) electrons. The average molecular weight is 184 g/mol. The van der Waals surface area contributed by atoms with Gasteiger partial charge in [0.15, 0.2) is 0 Å². The van der Waals surface area contributed by atoms with Crippen molar-refractivity contribution >= 4 is 24.2 Å². The zero-order chi connectivity index (χ0) is 7.68. The molecule has 1 aliphatic rings. The molecule has 1 heterocycles. The number of anilines is 1. The predicted octanol–water partition coefficient (Wildman–Crippen LogP) is 2.10. The Morgan fingerprint density at radius 1 is 1.33 bits per heavy atom. The Morgan fingerprint density at radius 2 is 2.17 bits per heavy atom. The number of hydrogen-bond acceptors (Lipinski definition) is 2. The molecule has 0 atom stereocenters. The van der Waals surface area contributed by atoms with E-state index >= 15 is 0 Å². The second-order valence-corrected chi connectivity index (χ2v) is 2.47. The van der Waals surface area contributed by atoms with Gasteiger partial charge in [-0.05, 0) is 24.3 Å². The van der Waals surface area contributed by atoms with Crippen LogP contribution in [0, 0.1) is 0 Å². The molecule has 0 bridgehead atoms.